The predicted molar refractivity (Wildman–Crippen MR) is 63.0 cm³/mol. The predicted octanol–water partition coefficient (Wildman–Crippen LogP) is 2.05. The average molecular weight is 215 g/mol. The van der Waals surface area contributed by atoms with Crippen molar-refractivity contribution in [2.75, 3.05) is 5.73 Å². The summed E-state index contributed by atoms with van der Waals surface area (Å²) in [7, 11) is 0. The number of aryl methyl sites for hydroxylation is 2. The van der Waals surface area contributed by atoms with Crippen LogP contribution >= 0.6 is 0 Å². The molecule has 0 radical (unpaired) electrons. The van der Waals surface area contributed by atoms with Crippen molar-refractivity contribution in [1.29, 1.82) is 0 Å². The fourth-order valence-corrected chi connectivity index (χ4v) is 1.62. The molecule has 0 aliphatic rings. The van der Waals surface area contributed by atoms with Crippen LogP contribution in [-0.4, -0.2) is 15.1 Å². The molecule has 2 aromatic rings. The fourth-order valence-electron chi connectivity index (χ4n) is 1.62. The number of anilines is 1. The van der Waals surface area contributed by atoms with Crippen molar-refractivity contribution in [1.82, 2.24) is 9.97 Å². The first kappa shape index (κ1) is 10.4. The van der Waals surface area contributed by atoms with E-state index in [9.17, 15) is 5.11 Å². The topological polar surface area (TPSA) is 72.0 Å². The molecule has 3 N–H and O–H groups in total. The lowest BCUT2D eigenvalue weighted by Gasteiger charge is -2.07. The van der Waals surface area contributed by atoms with Crippen LogP contribution in [0.25, 0.3) is 11.3 Å². The van der Waals surface area contributed by atoms with E-state index in [2.05, 4.69) is 9.97 Å². The minimum atomic E-state index is 0.218. The maximum atomic E-state index is 9.46. The van der Waals surface area contributed by atoms with Gasteiger partial charge in [0.2, 0.25) is 5.95 Å². The molecule has 2 rings (SSSR count). The zero-order valence-electron chi connectivity index (χ0n) is 9.23. The third-order valence-electron chi connectivity index (χ3n) is 2.37. The van der Waals surface area contributed by atoms with Gasteiger partial charge in [0.05, 0.1) is 5.69 Å². The van der Waals surface area contributed by atoms with Crippen molar-refractivity contribution in [3.8, 4) is 17.0 Å². The summed E-state index contributed by atoms with van der Waals surface area (Å²) in [6, 6.07) is 7.02. The molecule has 82 valence electrons. The summed E-state index contributed by atoms with van der Waals surface area (Å²) in [5.74, 6) is 0.466. The first-order chi connectivity index (χ1) is 7.56. The van der Waals surface area contributed by atoms with Crippen LogP contribution in [0.5, 0.6) is 5.75 Å². The van der Waals surface area contributed by atoms with Gasteiger partial charge in [0, 0.05) is 11.3 Å². The summed E-state index contributed by atoms with van der Waals surface area (Å²) >= 11 is 0. The molecule has 16 heavy (non-hydrogen) atoms. The Kier molecular flexibility index (Phi) is 2.48. The normalized spacial score (nSPS) is 10.4. The summed E-state index contributed by atoms with van der Waals surface area (Å²) in [5.41, 5.74) is 9.05. The van der Waals surface area contributed by atoms with Gasteiger partial charge in [-0.3, -0.25) is 0 Å². The third-order valence-corrected chi connectivity index (χ3v) is 2.37. The lowest BCUT2D eigenvalue weighted by atomic mass is 10.0. The highest BCUT2D eigenvalue weighted by Gasteiger charge is 2.06. The Morgan fingerprint density at radius 3 is 2.56 bits per heavy atom. The van der Waals surface area contributed by atoms with E-state index in [4.69, 9.17) is 5.73 Å². The zero-order valence-corrected chi connectivity index (χ0v) is 9.23. The lowest BCUT2D eigenvalue weighted by molar-refractivity contribution is 0.475. The lowest BCUT2D eigenvalue weighted by Crippen LogP contribution is -1.98. The molecule has 0 unspecified atom stereocenters. The molecule has 4 heteroatoms. The number of phenols is 1. The van der Waals surface area contributed by atoms with Crippen molar-refractivity contribution < 1.29 is 5.11 Å². The van der Waals surface area contributed by atoms with Crippen LogP contribution in [0, 0.1) is 13.8 Å². The highest BCUT2D eigenvalue weighted by Crippen LogP contribution is 2.26. The van der Waals surface area contributed by atoms with Gasteiger partial charge in [-0.15, -0.1) is 0 Å². The van der Waals surface area contributed by atoms with Crippen molar-refractivity contribution in [3.05, 3.63) is 35.5 Å². The Labute approximate surface area is 93.8 Å². The van der Waals surface area contributed by atoms with E-state index in [0.29, 0.717) is 0 Å². The van der Waals surface area contributed by atoms with Gasteiger partial charge in [0.15, 0.2) is 0 Å². The molecule has 0 aliphatic heterocycles. The van der Waals surface area contributed by atoms with Crippen LogP contribution in [0.2, 0.25) is 0 Å². The van der Waals surface area contributed by atoms with Crippen LogP contribution in [0.1, 0.15) is 11.3 Å². The van der Waals surface area contributed by atoms with E-state index >= 15 is 0 Å². The largest absolute Gasteiger partial charge is 0.508 e. The van der Waals surface area contributed by atoms with Gasteiger partial charge >= 0.3 is 0 Å². The number of nitrogens with two attached hydrogens (primary N) is 1. The molecule has 0 atom stereocenters. The molecule has 0 amide bonds. The summed E-state index contributed by atoms with van der Waals surface area (Å²) in [6.45, 7) is 3.82. The molecule has 1 aromatic carbocycles. The van der Waals surface area contributed by atoms with Crippen LogP contribution in [-0.2, 0) is 0 Å². The van der Waals surface area contributed by atoms with Crippen molar-refractivity contribution in [2.45, 2.75) is 13.8 Å². The second kappa shape index (κ2) is 3.81. The van der Waals surface area contributed by atoms with Crippen molar-refractivity contribution >= 4 is 5.95 Å². The molecule has 1 heterocycles. The van der Waals surface area contributed by atoms with Gasteiger partial charge in [0.1, 0.15) is 5.75 Å². The van der Waals surface area contributed by atoms with Gasteiger partial charge < -0.3 is 10.8 Å². The number of benzene rings is 1. The van der Waals surface area contributed by atoms with Crippen LogP contribution in [0.3, 0.4) is 0 Å². The highest BCUT2D eigenvalue weighted by atomic mass is 16.3. The molecular weight excluding hydrogens is 202 g/mol. The monoisotopic (exact) mass is 215 g/mol. The molecule has 0 bridgehead atoms. The quantitative estimate of drug-likeness (QED) is 0.763. The first-order valence-corrected chi connectivity index (χ1v) is 4.97. The summed E-state index contributed by atoms with van der Waals surface area (Å²) in [5, 5.41) is 9.46. The first-order valence-electron chi connectivity index (χ1n) is 4.97. The van der Waals surface area contributed by atoms with Crippen molar-refractivity contribution in [3.63, 3.8) is 0 Å². The number of phenolic OH excluding ortho intramolecular Hbond substituents is 1. The van der Waals surface area contributed by atoms with Gasteiger partial charge in [-0.05, 0) is 37.6 Å². The Hall–Kier alpha value is -2.10. The van der Waals surface area contributed by atoms with E-state index in [-0.39, 0.29) is 11.7 Å². The number of hydrogen-bond acceptors (Lipinski definition) is 4. The molecule has 0 saturated carbocycles. The smallest absolute Gasteiger partial charge is 0.220 e. The minimum Gasteiger partial charge on any atom is -0.508 e. The van der Waals surface area contributed by atoms with Gasteiger partial charge in [-0.25, -0.2) is 9.97 Å². The number of rotatable bonds is 1. The molecule has 0 spiro atoms. The Bertz CT molecular complexity index is 518. The maximum absolute atomic E-state index is 9.46. The highest BCUT2D eigenvalue weighted by molar-refractivity contribution is 5.66. The second-order valence-electron chi connectivity index (χ2n) is 3.75. The van der Waals surface area contributed by atoms with Gasteiger partial charge in [-0.1, -0.05) is 6.07 Å². The summed E-state index contributed by atoms with van der Waals surface area (Å²) in [4.78, 5) is 8.18. The molecule has 1 aromatic heterocycles. The van der Waals surface area contributed by atoms with Crippen LogP contribution in [0.15, 0.2) is 24.3 Å². The van der Waals surface area contributed by atoms with Crippen LogP contribution in [0.4, 0.5) is 5.95 Å². The SMILES string of the molecule is Cc1cc(-c2cc(O)ccc2C)nc(N)n1. The molecule has 0 saturated heterocycles. The second-order valence-corrected chi connectivity index (χ2v) is 3.75. The number of aromatic hydroxyl groups is 1. The molecular formula is C12H13N3O. The Morgan fingerprint density at radius 1 is 1.12 bits per heavy atom. The van der Waals surface area contributed by atoms with E-state index in [1.54, 1.807) is 12.1 Å². The average Bonchev–Trinajstić information content (AvgIpc) is 2.20. The van der Waals surface area contributed by atoms with E-state index in [0.717, 1.165) is 22.5 Å². The number of nitrogen functional groups attached to an aromatic ring is 1. The molecule has 0 fully saturated rings. The zero-order chi connectivity index (χ0) is 11.7. The summed E-state index contributed by atoms with van der Waals surface area (Å²) in [6.07, 6.45) is 0. The van der Waals surface area contributed by atoms with E-state index in [1.807, 2.05) is 26.0 Å². The number of hydrogen-bond donors (Lipinski definition) is 2. The number of aromatic nitrogens is 2. The Morgan fingerprint density at radius 2 is 1.88 bits per heavy atom. The molecule has 0 aliphatic carbocycles. The van der Waals surface area contributed by atoms with E-state index < -0.39 is 0 Å². The van der Waals surface area contributed by atoms with Crippen molar-refractivity contribution in [2.24, 2.45) is 0 Å². The van der Waals surface area contributed by atoms with E-state index in [1.165, 1.54) is 0 Å². The Balaban J connectivity index is 2.62. The van der Waals surface area contributed by atoms with Crippen LogP contribution < -0.4 is 5.73 Å². The van der Waals surface area contributed by atoms with Gasteiger partial charge in [0.25, 0.3) is 0 Å². The molecule has 4 nitrogen and oxygen atoms in total. The minimum absolute atomic E-state index is 0.218. The number of nitrogens with zero attached hydrogens (tertiary/aromatic N) is 2. The standard InChI is InChI=1S/C12H13N3O/c1-7-3-4-9(16)6-10(7)11-5-8(2)14-12(13)15-11/h3-6,16H,1-2H3,(H2,13,14,15). The third kappa shape index (κ3) is 1.95. The maximum Gasteiger partial charge on any atom is 0.220 e. The fraction of sp³-hybridized carbons (Fsp3) is 0.167. The summed E-state index contributed by atoms with van der Waals surface area (Å²) < 4.78 is 0. The van der Waals surface area contributed by atoms with Gasteiger partial charge in [-0.2, -0.15) is 0 Å².